The first-order valence-electron chi connectivity index (χ1n) is 4.92. The molecule has 0 aliphatic carbocycles. The Kier molecular flexibility index (Phi) is 2.95. The van der Waals surface area contributed by atoms with Crippen molar-refractivity contribution < 1.29 is 9.53 Å². The van der Waals surface area contributed by atoms with E-state index in [1.54, 1.807) is 35.4 Å². The molecule has 5 nitrogen and oxygen atoms in total. The van der Waals surface area contributed by atoms with Gasteiger partial charge >= 0.3 is 0 Å². The lowest BCUT2D eigenvalue weighted by atomic mass is 10.3. The molecule has 0 aromatic carbocycles. The van der Waals surface area contributed by atoms with Gasteiger partial charge in [0.1, 0.15) is 5.69 Å². The standard InChI is InChI=1S/C11H11N3O2/c1-2-16-11-6-13-14(7-11)10-4-3-9(8-15)12-5-10/h3-8H,2H2,1H3. The lowest BCUT2D eigenvalue weighted by Gasteiger charge is -2.00. The molecule has 2 aromatic rings. The molecular weight excluding hydrogens is 206 g/mol. The first kappa shape index (κ1) is 10.4. The molecule has 2 aromatic heterocycles. The zero-order chi connectivity index (χ0) is 11.4. The van der Waals surface area contributed by atoms with Gasteiger partial charge in [0, 0.05) is 0 Å². The normalized spacial score (nSPS) is 10.1. The predicted octanol–water partition coefficient (Wildman–Crippen LogP) is 1.48. The van der Waals surface area contributed by atoms with Crippen LogP contribution in [0.4, 0.5) is 0 Å². The van der Waals surface area contributed by atoms with Crippen LogP contribution < -0.4 is 4.74 Å². The van der Waals surface area contributed by atoms with Gasteiger partial charge in [0.25, 0.3) is 0 Å². The summed E-state index contributed by atoms with van der Waals surface area (Å²) in [6.45, 7) is 2.52. The summed E-state index contributed by atoms with van der Waals surface area (Å²) in [5.41, 5.74) is 1.19. The average molecular weight is 217 g/mol. The highest BCUT2D eigenvalue weighted by Gasteiger charge is 2.01. The van der Waals surface area contributed by atoms with Crippen molar-refractivity contribution in [2.24, 2.45) is 0 Å². The molecule has 2 heterocycles. The van der Waals surface area contributed by atoms with Crippen LogP contribution in [0.15, 0.2) is 30.7 Å². The lowest BCUT2D eigenvalue weighted by Crippen LogP contribution is -1.96. The Morgan fingerprint density at radius 3 is 2.94 bits per heavy atom. The number of hydrogen-bond donors (Lipinski definition) is 0. The molecule has 0 fully saturated rings. The van der Waals surface area contributed by atoms with E-state index >= 15 is 0 Å². The van der Waals surface area contributed by atoms with Crippen molar-refractivity contribution in [3.8, 4) is 11.4 Å². The molecule has 0 unspecified atom stereocenters. The second-order valence-electron chi connectivity index (χ2n) is 3.11. The molecule has 0 saturated heterocycles. The van der Waals surface area contributed by atoms with E-state index in [9.17, 15) is 4.79 Å². The van der Waals surface area contributed by atoms with E-state index in [4.69, 9.17) is 4.74 Å². The summed E-state index contributed by atoms with van der Waals surface area (Å²) < 4.78 is 6.94. The Morgan fingerprint density at radius 2 is 2.31 bits per heavy atom. The van der Waals surface area contributed by atoms with E-state index in [1.807, 2.05) is 6.92 Å². The number of carbonyl (C=O) groups excluding carboxylic acids is 1. The molecule has 82 valence electrons. The molecule has 0 N–H and O–H groups in total. The number of aldehydes is 1. The molecule has 0 saturated carbocycles. The van der Waals surface area contributed by atoms with Crippen LogP contribution in [0, 0.1) is 0 Å². The molecule has 0 aliphatic heterocycles. The molecular formula is C11H11N3O2. The molecule has 0 spiro atoms. The minimum Gasteiger partial charge on any atom is -0.491 e. The van der Waals surface area contributed by atoms with E-state index < -0.39 is 0 Å². The van der Waals surface area contributed by atoms with Crippen LogP contribution in [0.1, 0.15) is 17.4 Å². The van der Waals surface area contributed by atoms with Crippen molar-refractivity contribution >= 4 is 6.29 Å². The van der Waals surface area contributed by atoms with Gasteiger partial charge < -0.3 is 4.74 Å². The summed E-state index contributed by atoms with van der Waals surface area (Å²) >= 11 is 0. The van der Waals surface area contributed by atoms with Gasteiger partial charge in [-0.25, -0.2) is 4.68 Å². The SMILES string of the molecule is CCOc1cnn(-c2ccc(C=O)nc2)c1. The van der Waals surface area contributed by atoms with E-state index in [1.165, 1.54) is 0 Å². The van der Waals surface area contributed by atoms with Crippen molar-refractivity contribution in [1.29, 1.82) is 0 Å². The van der Waals surface area contributed by atoms with Gasteiger partial charge in [-0.3, -0.25) is 9.78 Å². The third-order valence-electron chi connectivity index (χ3n) is 2.03. The fraction of sp³-hybridized carbons (Fsp3) is 0.182. The van der Waals surface area contributed by atoms with Crippen LogP contribution in [0.2, 0.25) is 0 Å². The first-order valence-corrected chi connectivity index (χ1v) is 4.92. The minimum absolute atomic E-state index is 0.404. The maximum atomic E-state index is 10.4. The van der Waals surface area contributed by atoms with Crippen molar-refractivity contribution in [2.45, 2.75) is 6.92 Å². The third-order valence-corrected chi connectivity index (χ3v) is 2.03. The molecule has 0 bridgehead atoms. The van der Waals surface area contributed by atoms with Crippen molar-refractivity contribution in [1.82, 2.24) is 14.8 Å². The fourth-order valence-corrected chi connectivity index (χ4v) is 1.29. The second kappa shape index (κ2) is 4.57. The number of pyridine rings is 1. The smallest absolute Gasteiger partial charge is 0.168 e. The number of rotatable bonds is 4. The lowest BCUT2D eigenvalue weighted by molar-refractivity contribution is 0.111. The molecule has 16 heavy (non-hydrogen) atoms. The van der Waals surface area contributed by atoms with Gasteiger partial charge in [-0.05, 0) is 19.1 Å². The Labute approximate surface area is 92.7 Å². The number of hydrogen-bond acceptors (Lipinski definition) is 4. The van der Waals surface area contributed by atoms with E-state index in [0.29, 0.717) is 24.3 Å². The monoisotopic (exact) mass is 217 g/mol. The molecule has 5 heteroatoms. The van der Waals surface area contributed by atoms with E-state index in [2.05, 4.69) is 10.1 Å². The van der Waals surface area contributed by atoms with Gasteiger partial charge in [0.2, 0.25) is 0 Å². The highest BCUT2D eigenvalue weighted by atomic mass is 16.5. The number of nitrogens with zero attached hydrogens (tertiary/aromatic N) is 3. The molecule has 0 atom stereocenters. The van der Waals surface area contributed by atoms with Crippen LogP contribution in [0.5, 0.6) is 5.75 Å². The quantitative estimate of drug-likeness (QED) is 0.728. The number of aromatic nitrogens is 3. The summed E-state index contributed by atoms with van der Waals surface area (Å²) in [6.07, 6.45) is 5.70. The van der Waals surface area contributed by atoms with Crippen LogP contribution in [-0.2, 0) is 0 Å². The van der Waals surface area contributed by atoms with E-state index in [-0.39, 0.29) is 0 Å². The Hall–Kier alpha value is -2.17. The summed E-state index contributed by atoms with van der Waals surface area (Å²) in [5, 5.41) is 4.12. The van der Waals surface area contributed by atoms with Gasteiger partial charge in [0.15, 0.2) is 12.0 Å². The molecule has 0 radical (unpaired) electrons. The van der Waals surface area contributed by atoms with Gasteiger partial charge in [-0.15, -0.1) is 0 Å². The second-order valence-corrected chi connectivity index (χ2v) is 3.11. The van der Waals surface area contributed by atoms with Crippen molar-refractivity contribution in [3.63, 3.8) is 0 Å². The van der Waals surface area contributed by atoms with Crippen molar-refractivity contribution in [2.75, 3.05) is 6.61 Å². The predicted molar refractivity (Wildman–Crippen MR) is 57.9 cm³/mol. The van der Waals surface area contributed by atoms with Crippen LogP contribution in [0.3, 0.4) is 0 Å². The third kappa shape index (κ3) is 2.08. The summed E-state index contributed by atoms with van der Waals surface area (Å²) in [5.74, 6) is 0.710. The summed E-state index contributed by atoms with van der Waals surface area (Å²) in [4.78, 5) is 14.4. The summed E-state index contributed by atoms with van der Waals surface area (Å²) in [6, 6.07) is 3.42. The zero-order valence-corrected chi connectivity index (χ0v) is 8.83. The number of carbonyl (C=O) groups is 1. The first-order chi connectivity index (χ1) is 7.83. The highest BCUT2D eigenvalue weighted by molar-refractivity contribution is 5.71. The van der Waals surface area contributed by atoms with Gasteiger partial charge in [-0.1, -0.05) is 0 Å². The minimum atomic E-state index is 0.404. The topological polar surface area (TPSA) is 57.0 Å². The summed E-state index contributed by atoms with van der Waals surface area (Å²) in [7, 11) is 0. The largest absolute Gasteiger partial charge is 0.491 e. The van der Waals surface area contributed by atoms with Gasteiger partial charge in [0.05, 0.1) is 30.9 Å². The Balaban J connectivity index is 2.24. The van der Waals surface area contributed by atoms with Crippen LogP contribution >= 0.6 is 0 Å². The highest BCUT2D eigenvalue weighted by Crippen LogP contribution is 2.12. The zero-order valence-electron chi connectivity index (χ0n) is 8.83. The van der Waals surface area contributed by atoms with Crippen molar-refractivity contribution in [3.05, 3.63) is 36.4 Å². The molecule has 0 aliphatic rings. The van der Waals surface area contributed by atoms with Crippen LogP contribution in [0.25, 0.3) is 5.69 Å². The maximum Gasteiger partial charge on any atom is 0.168 e. The number of ether oxygens (including phenoxy) is 1. The van der Waals surface area contributed by atoms with E-state index in [0.717, 1.165) is 5.69 Å². The molecule has 2 rings (SSSR count). The Morgan fingerprint density at radius 1 is 1.44 bits per heavy atom. The fourth-order valence-electron chi connectivity index (χ4n) is 1.29. The maximum absolute atomic E-state index is 10.4. The average Bonchev–Trinajstić information content (AvgIpc) is 2.78. The molecule has 0 amide bonds. The van der Waals surface area contributed by atoms with Crippen LogP contribution in [-0.4, -0.2) is 27.7 Å². The van der Waals surface area contributed by atoms with Gasteiger partial charge in [-0.2, -0.15) is 5.10 Å². The Bertz CT molecular complexity index is 476.